The van der Waals surface area contributed by atoms with Crippen molar-refractivity contribution >= 4 is 27.3 Å². The quantitative estimate of drug-likeness (QED) is 0.261. The number of nitrogens with one attached hydrogen (secondary N) is 3. The number of benzene rings is 2. The van der Waals surface area contributed by atoms with Gasteiger partial charge in [-0.3, -0.25) is 9.10 Å². The molecule has 9 heteroatoms. The van der Waals surface area contributed by atoms with Crippen molar-refractivity contribution in [2.75, 3.05) is 35.0 Å². The molecular formula is C30H46N4O4S. The van der Waals surface area contributed by atoms with Gasteiger partial charge in [0.15, 0.2) is 0 Å². The molecular weight excluding hydrogens is 512 g/mol. The van der Waals surface area contributed by atoms with Crippen molar-refractivity contribution < 1.29 is 18.3 Å². The Morgan fingerprint density at radius 1 is 1.08 bits per heavy atom. The Morgan fingerprint density at radius 2 is 1.82 bits per heavy atom. The standard InChI is InChI=1S/C30H46N4O4S/c1-5-31-26-18-25(19-27(20-26)34-15-10-16-39(34,37)38)30(36)33-28(17-24-13-7-6-8-14-24)29(35)21-32-23(4)12-9-11-22(2)3/h6-8,13-14,18-20,22-23,28-29,31-32,35H,5,9-12,15-17,21H2,1-4H3,(H,33,36)/t23?,28-,29+/m0/s1. The van der Waals surface area contributed by atoms with Gasteiger partial charge in [-0.1, -0.05) is 57.0 Å². The van der Waals surface area contributed by atoms with E-state index in [0.29, 0.717) is 55.3 Å². The number of carbonyl (C=O) groups excluding carboxylic acids is 1. The Kier molecular flexibility index (Phi) is 11.6. The lowest BCUT2D eigenvalue weighted by atomic mass is 9.99. The number of hydrogen-bond acceptors (Lipinski definition) is 6. The minimum Gasteiger partial charge on any atom is -0.390 e. The third kappa shape index (κ3) is 9.51. The van der Waals surface area contributed by atoms with Crippen molar-refractivity contribution in [2.45, 2.75) is 78.0 Å². The summed E-state index contributed by atoms with van der Waals surface area (Å²) in [6.45, 7) is 9.90. The van der Waals surface area contributed by atoms with Gasteiger partial charge in [0, 0.05) is 36.9 Å². The molecule has 2 aromatic carbocycles. The molecule has 1 unspecified atom stereocenters. The van der Waals surface area contributed by atoms with Gasteiger partial charge in [-0.25, -0.2) is 8.42 Å². The first-order chi connectivity index (χ1) is 18.6. The molecule has 2 aromatic rings. The van der Waals surface area contributed by atoms with E-state index in [1.54, 1.807) is 18.2 Å². The van der Waals surface area contributed by atoms with Gasteiger partial charge in [0.25, 0.3) is 5.91 Å². The molecule has 1 saturated heterocycles. The summed E-state index contributed by atoms with van der Waals surface area (Å²) >= 11 is 0. The normalized spacial score (nSPS) is 17.1. The summed E-state index contributed by atoms with van der Waals surface area (Å²) in [5.41, 5.74) is 2.52. The molecule has 0 aliphatic carbocycles. The van der Waals surface area contributed by atoms with Crippen molar-refractivity contribution in [3.05, 3.63) is 59.7 Å². The summed E-state index contributed by atoms with van der Waals surface area (Å²) in [7, 11) is -3.39. The van der Waals surface area contributed by atoms with Crippen LogP contribution in [0.25, 0.3) is 0 Å². The molecule has 1 aliphatic heterocycles. The van der Waals surface area contributed by atoms with Crippen LogP contribution in [0.3, 0.4) is 0 Å². The van der Waals surface area contributed by atoms with Crippen LogP contribution in [0.4, 0.5) is 11.4 Å². The first kappa shape index (κ1) is 30.9. The Balaban J connectivity index is 1.77. The smallest absolute Gasteiger partial charge is 0.251 e. The summed E-state index contributed by atoms with van der Waals surface area (Å²) in [4.78, 5) is 13.5. The third-order valence-corrected chi connectivity index (χ3v) is 8.99. The first-order valence-corrected chi connectivity index (χ1v) is 15.9. The van der Waals surface area contributed by atoms with E-state index in [1.165, 1.54) is 10.7 Å². The fourth-order valence-electron chi connectivity index (χ4n) is 4.92. The predicted molar refractivity (Wildman–Crippen MR) is 160 cm³/mol. The molecule has 1 amide bonds. The number of nitrogens with zero attached hydrogens (tertiary/aromatic N) is 1. The molecule has 3 atom stereocenters. The second-order valence-corrected chi connectivity index (χ2v) is 13.0. The maximum Gasteiger partial charge on any atom is 0.251 e. The summed E-state index contributed by atoms with van der Waals surface area (Å²) in [6, 6.07) is 14.6. The summed E-state index contributed by atoms with van der Waals surface area (Å²) in [5, 5.41) is 20.9. The molecule has 0 spiro atoms. The van der Waals surface area contributed by atoms with Crippen LogP contribution in [0.5, 0.6) is 0 Å². The molecule has 39 heavy (non-hydrogen) atoms. The van der Waals surface area contributed by atoms with Gasteiger partial charge < -0.3 is 21.1 Å². The lowest BCUT2D eigenvalue weighted by Gasteiger charge is -2.27. The monoisotopic (exact) mass is 558 g/mol. The summed E-state index contributed by atoms with van der Waals surface area (Å²) in [6.07, 6.45) is 3.55. The highest BCUT2D eigenvalue weighted by molar-refractivity contribution is 7.93. The molecule has 4 N–H and O–H groups in total. The minimum atomic E-state index is -3.39. The second kappa shape index (κ2) is 14.7. The highest BCUT2D eigenvalue weighted by Crippen LogP contribution is 2.28. The largest absolute Gasteiger partial charge is 0.390 e. The molecule has 0 saturated carbocycles. The predicted octanol–water partition coefficient (Wildman–Crippen LogP) is 4.16. The SMILES string of the molecule is CCNc1cc(C(=O)N[C@@H](Cc2ccccc2)[C@H](O)CNC(C)CCCC(C)C)cc(N2CCCS2(=O)=O)c1. The Labute approximate surface area is 234 Å². The third-order valence-electron chi connectivity index (χ3n) is 7.12. The number of aliphatic hydroxyl groups excluding tert-OH is 1. The van der Waals surface area contributed by atoms with E-state index in [4.69, 9.17) is 0 Å². The summed E-state index contributed by atoms with van der Waals surface area (Å²) < 4.78 is 26.5. The number of sulfonamides is 1. The zero-order chi connectivity index (χ0) is 28.4. The number of hydrogen-bond donors (Lipinski definition) is 4. The van der Waals surface area contributed by atoms with E-state index < -0.39 is 22.2 Å². The average Bonchev–Trinajstić information content (AvgIpc) is 3.26. The van der Waals surface area contributed by atoms with Crippen molar-refractivity contribution in [3.63, 3.8) is 0 Å². The van der Waals surface area contributed by atoms with Crippen LogP contribution in [0.2, 0.25) is 0 Å². The van der Waals surface area contributed by atoms with E-state index in [2.05, 4.69) is 36.7 Å². The molecule has 1 fully saturated rings. The van der Waals surface area contributed by atoms with Gasteiger partial charge in [0.05, 0.1) is 23.6 Å². The average molecular weight is 559 g/mol. The number of rotatable bonds is 15. The highest BCUT2D eigenvalue weighted by atomic mass is 32.2. The van der Waals surface area contributed by atoms with Gasteiger partial charge in [0.1, 0.15) is 0 Å². The van der Waals surface area contributed by atoms with Crippen LogP contribution in [-0.4, -0.2) is 63.0 Å². The van der Waals surface area contributed by atoms with Crippen molar-refractivity contribution in [3.8, 4) is 0 Å². The zero-order valence-corrected chi connectivity index (χ0v) is 24.6. The number of aliphatic hydroxyl groups is 1. The maximum atomic E-state index is 13.5. The lowest BCUT2D eigenvalue weighted by molar-refractivity contribution is 0.0825. The minimum absolute atomic E-state index is 0.105. The van der Waals surface area contributed by atoms with Crippen molar-refractivity contribution in [1.82, 2.24) is 10.6 Å². The van der Waals surface area contributed by atoms with Crippen LogP contribution in [0, 0.1) is 5.92 Å². The van der Waals surface area contributed by atoms with Crippen LogP contribution < -0.4 is 20.3 Å². The Morgan fingerprint density at radius 3 is 2.46 bits per heavy atom. The number of amides is 1. The van der Waals surface area contributed by atoms with Crippen LogP contribution >= 0.6 is 0 Å². The van der Waals surface area contributed by atoms with E-state index in [9.17, 15) is 18.3 Å². The number of carbonyl (C=O) groups is 1. The van der Waals surface area contributed by atoms with E-state index in [0.717, 1.165) is 18.4 Å². The molecule has 1 heterocycles. The van der Waals surface area contributed by atoms with E-state index in [-0.39, 0.29) is 17.7 Å². The van der Waals surface area contributed by atoms with Gasteiger partial charge in [0.2, 0.25) is 10.0 Å². The topological polar surface area (TPSA) is 111 Å². The Bertz CT molecular complexity index is 1160. The molecule has 3 rings (SSSR count). The fraction of sp³-hybridized carbons (Fsp3) is 0.567. The van der Waals surface area contributed by atoms with Crippen LogP contribution in [0.1, 0.15) is 69.3 Å². The maximum absolute atomic E-state index is 13.5. The van der Waals surface area contributed by atoms with Gasteiger partial charge >= 0.3 is 0 Å². The molecule has 0 radical (unpaired) electrons. The lowest BCUT2D eigenvalue weighted by Crippen LogP contribution is -2.49. The van der Waals surface area contributed by atoms with Gasteiger partial charge in [-0.15, -0.1) is 0 Å². The molecule has 216 valence electrons. The molecule has 8 nitrogen and oxygen atoms in total. The highest BCUT2D eigenvalue weighted by Gasteiger charge is 2.30. The first-order valence-electron chi connectivity index (χ1n) is 14.2. The van der Waals surface area contributed by atoms with Crippen LogP contribution in [0.15, 0.2) is 48.5 Å². The van der Waals surface area contributed by atoms with E-state index in [1.807, 2.05) is 37.3 Å². The van der Waals surface area contributed by atoms with Crippen molar-refractivity contribution in [2.24, 2.45) is 5.92 Å². The molecule has 0 aromatic heterocycles. The van der Waals surface area contributed by atoms with Crippen LogP contribution in [-0.2, 0) is 16.4 Å². The second-order valence-electron chi connectivity index (χ2n) is 11.0. The Hall–Kier alpha value is -2.62. The zero-order valence-electron chi connectivity index (χ0n) is 23.8. The molecule has 0 bridgehead atoms. The fourth-order valence-corrected chi connectivity index (χ4v) is 6.47. The summed E-state index contributed by atoms with van der Waals surface area (Å²) in [5.74, 6) is 0.428. The van der Waals surface area contributed by atoms with Crippen molar-refractivity contribution in [1.29, 1.82) is 0 Å². The van der Waals surface area contributed by atoms with Gasteiger partial charge in [-0.2, -0.15) is 0 Å². The van der Waals surface area contributed by atoms with E-state index >= 15 is 0 Å². The number of anilines is 2. The molecule has 1 aliphatic rings. The van der Waals surface area contributed by atoms with Gasteiger partial charge in [-0.05, 0) is 62.8 Å².